The molecule has 190 valence electrons. The number of para-hydroxylation sites is 1. The zero-order valence-corrected chi connectivity index (χ0v) is 20.6. The molecule has 38 heavy (non-hydrogen) atoms. The fraction of sp³-hybridized carbons (Fsp3) is 0.107. The number of fused-ring (bicyclic) bond motifs is 1. The van der Waals surface area contributed by atoms with Crippen LogP contribution in [0, 0.1) is 17.0 Å². The molecule has 0 saturated carbocycles. The van der Waals surface area contributed by atoms with Crippen LogP contribution in [0.3, 0.4) is 0 Å². The maximum atomic E-state index is 13.5. The van der Waals surface area contributed by atoms with Gasteiger partial charge in [0.15, 0.2) is 0 Å². The maximum absolute atomic E-state index is 13.5. The van der Waals surface area contributed by atoms with Gasteiger partial charge < -0.3 is 16.0 Å². The molecule has 1 aromatic heterocycles. The van der Waals surface area contributed by atoms with E-state index in [4.69, 9.17) is 0 Å². The fourth-order valence-electron chi connectivity index (χ4n) is 4.36. The van der Waals surface area contributed by atoms with E-state index in [1.54, 1.807) is 35.9 Å². The molecule has 5 rings (SSSR count). The Hall–Kier alpha value is -5.25. The number of nitrogens with zero attached hydrogens (tertiary/aromatic N) is 3. The average Bonchev–Trinajstić information content (AvgIpc) is 3.33. The molecule has 1 aliphatic rings. The summed E-state index contributed by atoms with van der Waals surface area (Å²) in [6.45, 7) is 3.71. The van der Waals surface area contributed by atoms with Crippen molar-refractivity contribution in [3.05, 3.63) is 123 Å². The summed E-state index contributed by atoms with van der Waals surface area (Å²) in [4.78, 5) is 37.4. The first-order valence-corrected chi connectivity index (χ1v) is 11.9. The van der Waals surface area contributed by atoms with Gasteiger partial charge in [-0.15, -0.1) is 0 Å². The summed E-state index contributed by atoms with van der Waals surface area (Å²) in [6.07, 6.45) is 1.44. The molecule has 10 nitrogen and oxygen atoms in total. The molecule has 0 bridgehead atoms. The van der Waals surface area contributed by atoms with E-state index in [2.05, 4.69) is 21.0 Å². The molecule has 2 heterocycles. The van der Waals surface area contributed by atoms with Crippen molar-refractivity contribution in [2.75, 3.05) is 16.0 Å². The minimum atomic E-state index is -0.739. The molecule has 10 heteroatoms. The summed E-state index contributed by atoms with van der Waals surface area (Å²) < 4.78 is 1.55. The molecule has 3 N–H and O–H groups in total. The first kappa shape index (κ1) is 24.4. The van der Waals surface area contributed by atoms with Gasteiger partial charge in [0, 0.05) is 29.2 Å². The van der Waals surface area contributed by atoms with E-state index in [0.717, 1.165) is 5.56 Å². The number of benzene rings is 3. The molecule has 2 amide bonds. The number of nitro groups is 1. The number of nitro benzene ring substituents is 1. The quantitative estimate of drug-likeness (QED) is 0.240. The van der Waals surface area contributed by atoms with Crippen molar-refractivity contribution in [3.8, 4) is 0 Å². The number of allylic oxidation sites excluding steroid dienone is 1. The Morgan fingerprint density at radius 1 is 0.895 bits per heavy atom. The molecule has 0 aliphatic carbocycles. The Balaban J connectivity index is 1.54. The predicted molar refractivity (Wildman–Crippen MR) is 144 cm³/mol. The van der Waals surface area contributed by atoms with Crippen LogP contribution in [0.1, 0.15) is 34.5 Å². The number of aromatic nitrogens is 2. The number of aryl methyl sites for hydroxylation is 1. The van der Waals surface area contributed by atoms with E-state index >= 15 is 0 Å². The smallest absolute Gasteiger partial charge is 0.269 e. The summed E-state index contributed by atoms with van der Waals surface area (Å²) in [5.41, 5.74) is 4.04. The first-order valence-electron chi connectivity index (χ1n) is 11.9. The van der Waals surface area contributed by atoms with Crippen LogP contribution in [0.4, 0.5) is 22.9 Å². The molecule has 0 radical (unpaired) electrons. The van der Waals surface area contributed by atoms with Crippen molar-refractivity contribution in [3.63, 3.8) is 0 Å². The molecular formula is C28H24N6O4. The van der Waals surface area contributed by atoms with Crippen LogP contribution < -0.4 is 16.0 Å². The summed E-state index contributed by atoms with van der Waals surface area (Å²) >= 11 is 0. The number of carbonyl (C=O) groups is 2. The average molecular weight is 509 g/mol. The minimum Gasteiger partial charge on any atom is -0.343 e. The normalized spacial score (nSPS) is 14.3. The van der Waals surface area contributed by atoms with Crippen LogP contribution in [0.5, 0.6) is 0 Å². The standard InChI is InChI=1S/C28H24N6O4/c1-17-8-12-21(13-9-17)31-27(35)23-16-29-33-25(19-10-14-22(15-11-19)34(37)38)24(18(2)30-26(23)33)28(36)32-20-6-4-3-5-7-20/h3-16,25,30H,1-2H3,(H,31,35)(H,32,36). The van der Waals surface area contributed by atoms with Gasteiger partial charge in [-0.25, -0.2) is 4.68 Å². The maximum Gasteiger partial charge on any atom is 0.269 e. The molecule has 4 aromatic rings. The third-order valence-electron chi connectivity index (χ3n) is 6.27. The highest BCUT2D eigenvalue weighted by Crippen LogP contribution is 2.38. The minimum absolute atomic E-state index is 0.0717. The molecule has 3 aromatic carbocycles. The number of carbonyl (C=O) groups excluding carboxylic acids is 2. The number of non-ortho nitro benzene ring substituents is 1. The Morgan fingerprint density at radius 2 is 1.53 bits per heavy atom. The fourth-order valence-corrected chi connectivity index (χ4v) is 4.36. The van der Waals surface area contributed by atoms with Gasteiger partial charge in [-0.1, -0.05) is 35.9 Å². The lowest BCUT2D eigenvalue weighted by atomic mass is 9.94. The zero-order chi connectivity index (χ0) is 26.8. The lowest BCUT2D eigenvalue weighted by Crippen LogP contribution is -2.32. The zero-order valence-electron chi connectivity index (χ0n) is 20.6. The monoisotopic (exact) mass is 508 g/mol. The topological polar surface area (TPSA) is 131 Å². The van der Waals surface area contributed by atoms with Gasteiger partial charge in [0.2, 0.25) is 0 Å². The summed E-state index contributed by atoms with van der Waals surface area (Å²) in [5.74, 6) is -0.321. The number of hydrogen-bond acceptors (Lipinski definition) is 6. The third-order valence-corrected chi connectivity index (χ3v) is 6.27. The van der Waals surface area contributed by atoms with Gasteiger partial charge in [0.25, 0.3) is 17.5 Å². The van der Waals surface area contributed by atoms with Crippen LogP contribution in [-0.4, -0.2) is 26.5 Å². The van der Waals surface area contributed by atoms with Crippen LogP contribution in [0.2, 0.25) is 0 Å². The van der Waals surface area contributed by atoms with Gasteiger partial charge in [-0.05, 0) is 55.8 Å². The summed E-state index contributed by atoms with van der Waals surface area (Å²) in [5, 5.41) is 24.6. The van der Waals surface area contributed by atoms with Crippen molar-refractivity contribution in [2.45, 2.75) is 19.9 Å². The summed E-state index contributed by atoms with van der Waals surface area (Å²) in [6, 6.07) is 21.7. The highest BCUT2D eigenvalue weighted by atomic mass is 16.6. The van der Waals surface area contributed by atoms with Gasteiger partial charge in [-0.3, -0.25) is 19.7 Å². The van der Waals surface area contributed by atoms with Crippen LogP contribution in [0.25, 0.3) is 0 Å². The Bertz CT molecular complexity index is 1560. The number of anilines is 3. The van der Waals surface area contributed by atoms with Gasteiger partial charge in [-0.2, -0.15) is 5.10 Å². The molecule has 1 unspecified atom stereocenters. The summed E-state index contributed by atoms with van der Waals surface area (Å²) in [7, 11) is 0. The lowest BCUT2D eigenvalue weighted by molar-refractivity contribution is -0.384. The predicted octanol–water partition coefficient (Wildman–Crippen LogP) is 5.28. The highest BCUT2D eigenvalue weighted by molar-refractivity contribution is 6.09. The number of hydrogen-bond donors (Lipinski definition) is 3. The third kappa shape index (κ3) is 4.74. The van der Waals surface area contributed by atoms with Crippen molar-refractivity contribution in [1.82, 2.24) is 9.78 Å². The SMILES string of the molecule is CC1=C(C(=O)Nc2ccccc2)C(c2ccc([N+](=O)[O-])cc2)n2ncc(C(=O)Nc3ccc(C)cc3)c2N1. The first-order chi connectivity index (χ1) is 18.3. The van der Waals surface area contributed by atoms with E-state index < -0.39 is 11.0 Å². The van der Waals surface area contributed by atoms with Crippen molar-refractivity contribution in [2.24, 2.45) is 0 Å². The van der Waals surface area contributed by atoms with Crippen molar-refractivity contribution < 1.29 is 14.5 Å². The largest absolute Gasteiger partial charge is 0.343 e. The Kier molecular flexibility index (Phi) is 6.44. The molecule has 0 spiro atoms. The van der Waals surface area contributed by atoms with Crippen LogP contribution in [-0.2, 0) is 4.79 Å². The van der Waals surface area contributed by atoms with Crippen molar-refractivity contribution >= 4 is 34.7 Å². The lowest BCUT2D eigenvalue weighted by Gasteiger charge is -2.30. The highest BCUT2D eigenvalue weighted by Gasteiger charge is 2.35. The van der Waals surface area contributed by atoms with E-state index in [1.807, 2.05) is 49.4 Å². The molecule has 1 atom stereocenters. The molecule has 0 saturated heterocycles. The number of nitrogens with one attached hydrogen (secondary N) is 3. The van der Waals surface area contributed by atoms with Crippen LogP contribution >= 0.6 is 0 Å². The van der Waals surface area contributed by atoms with Gasteiger partial charge >= 0.3 is 0 Å². The van der Waals surface area contributed by atoms with Gasteiger partial charge in [0.05, 0.1) is 16.7 Å². The van der Waals surface area contributed by atoms with E-state index in [-0.39, 0.29) is 17.5 Å². The Labute approximate surface area is 218 Å². The molecule has 0 fully saturated rings. The van der Waals surface area contributed by atoms with Gasteiger partial charge in [0.1, 0.15) is 17.4 Å². The Morgan fingerprint density at radius 3 is 2.18 bits per heavy atom. The van der Waals surface area contributed by atoms with Crippen molar-refractivity contribution in [1.29, 1.82) is 0 Å². The second kappa shape index (κ2) is 10.0. The second-order valence-corrected chi connectivity index (χ2v) is 8.91. The second-order valence-electron chi connectivity index (χ2n) is 8.91. The number of rotatable bonds is 6. The molecular weight excluding hydrogens is 484 g/mol. The van der Waals surface area contributed by atoms with E-state index in [0.29, 0.717) is 39.6 Å². The number of amides is 2. The van der Waals surface area contributed by atoms with Crippen LogP contribution in [0.15, 0.2) is 96.3 Å². The molecule has 1 aliphatic heterocycles. The van der Waals surface area contributed by atoms with E-state index in [1.165, 1.54) is 18.3 Å². The van der Waals surface area contributed by atoms with E-state index in [9.17, 15) is 19.7 Å².